The summed E-state index contributed by atoms with van der Waals surface area (Å²) < 4.78 is 13.0. The second kappa shape index (κ2) is 10.1. The van der Waals surface area contributed by atoms with Crippen LogP contribution in [0.3, 0.4) is 0 Å². The zero-order chi connectivity index (χ0) is 22.5. The number of aryl methyl sites for hydroxylation is 1. The monoisotopic (exact) mass is 455 g/mol. The number of furan rings is 1. The molecule has 0 aliphatic carbocycles. The highest BCUT2D eigenvalue weighted by Crippen LogP contribution is 2.30. The predicted octanol–water partition coefficient (Wildman–Crippen LogP) is 4.35. The van der Waals surface area contributed by atoms with Gasteiger partial charge in [-0.15, -0.1) is 10.2 Å². The molecule has 1 aliphatic heterocycles. The standard InChI is InChI=1S/C23H29N5O3S/c1-16-9-10-20(30-3)19(14-16)24-21(29)17(2)32-23-26-25-22(27-11-5-4-6-12-27)28(23)15-18-8-7-13-31-18/h7-10,13-14,17H,4-6,11-12,15H2,1-3H3,(H,24,29). The second-order valence-corrected chi connectivity index (χ2v) is 9.26. The molecule has 32 heavy (non-hydrogen) atoms. The molecule has 3 aromatic rings. The number of nitrogens with zero attached hydrogens (tertiary/aromatic N) is 4. The Morgan fingerprint density at radius 1 is 1.25 bits per heavy atom. The summed E-state index contributed by atoms with van der Waals surface area (Å²) in [5.74, 6) is 2.17. The summed E-state index contributed by atoms with van der Waals surface area (Å²) in [6, 6.07) is 9.52. The number of amides is 1. The number of methoxy groups -OCH3 is 1. The first kappa shape index (κ1) is 22.3. The summed E-state index contributed by atoms with van der Waals surface area (Å²) in [5.41, 5.74) is 1.71. The van der Waals surface area contributed by atoms with Gasteiger partial charge in [-0.1, -0.05) is 17.8 Å². The van der Waals surface area contributed by atoms with Crippen LogP contribution in [0.5, 0.6) is 5.75 Å². The van der Waals surface area contributed by atoms with Gasteiger partial charge in [0, 0.05) is 13.1 Å². The van der Waals surface area contributed by atoms with Crippen molar-refractivity contribution in [2.75, 3.05) is 30.4 Å². The van der Waals surface area contributed by atoms with Crippen molar-refractivity contribution < 1.29 is 13.9 Å². The van der Waals surface area contributed by atoms with Gasteiger partial charge >= 0.3 is 0 Å². The van der Waals surface area contributed by atoms with Gasteiger partial charge in [0.15, 0.2) is 5.16 Å². The van der Waals surface area contributed by atoms with Gasteiger partial charge in [0.25, 0.3) is 0 Å². The van der Waals surface area contributed by atoms with Crippen LogP contribution in [0.2, 0.25) is 0 Å². The first-order valence-corrected chi connectivity index (χ1v) is 11.8. The van der Waals surface area contributed by atoms with E-state index in [-0.39, 0.29) is 11.2 Å². The lowest BCUT2D eigenvalue weighted by Gasteiger charge is -2.27. The molecule has 170 valence electrons. The first-order chi connectivity index (χ1) is 15.5. The Balaban J connectivity index is 1.53. The van der Waals surface area contributed by atoms with Crippen molar-refractivity contribution in [2.24, 2.45) is 0 Å². The van der Waals surface area contributed by atoms with Gasteiger partial charge in [0.1, 0.15) is 11.5 Å². The van der Waals surface area contributed by atoms with E-state index in [1.54, 1.807) is 13.4 Å². The number of hydrogen-bond donors (Lipinski definition) is 1. The third kappa shape index (κ3) is 5.09. The normalized spacial score (nSPS) is 14.9. The summed E-state index contributed by atoms with van der Waals surface area (Å²) in [6.45, 7) is 6.30. The van der Waals surface area contributed by atoms with Gasteiger partial charge in [0.05, 0.1) is 30.9 Å². The van der Waals surface area contributed by atoms with E-state index in [9.17, 15) is 4.79 Å². The van der Waals surface area contributed by atoms with E-state index < -0.39 is 0 Å². The van der Waals surface area contributed by atoms with E-state index >= 15 is 0 Å². The summed E-state index contributed by atoms with van der Waals surface area (Å²) >= 11 is 1.39. The number of rotatable bonds is 8. The maximum Gasteiger partial charge on any atom is 0.237 e. The number of anilines is 2. The molecule has 2 aromatic heterocycles. The average molecular weight is 456 g/mol. The fraction of sp³-hybridized carbons (Fsp3) is 0.435. The Kier molecular flexibility index (Phi) is 7.04. The minimum absolute atomic E-state index is 0.119. The summed E-state index contributed by atoms with van der Waals surface area (Å²) in [4.78, 5) is 15.2. The lowest BCUT2D eigenvalue weighted by atomic mass is 10.1. The molecule has 4 rings (SSSR count). The number of carbonyl (C=O) groups is 1. The van der Waals surface area contributed by atoms with Crippen LogP contribution in [0.15, 0.2) is 46.2 Å². The third-order valence-corrected chi connectivity index (χ3v) is 6.58. The highest BCUT2D eigenvalue weighted by molar-refractivity contribution is 8.00. The molecule has 1 fully saturated rings. The molecule has 0 radical (unpaired) electrons. The minimum atomic E-state index is -0.381. The summed E-state index contributed by atoms with van der Waals surface area (Å²) in [7, 11) is 1.59. The highest BCUT2D eigenvalue weighted by Gasteiger charge is 2.25. The number of ether oxygens (including phenoxy) is 1. The van der Waals surface area contributed by atoms with Crippen molar-refractivity contribution in [2.45, 2.75) is 50.1 Å². The first-order valence-electron chi connectivity index (χ1n) is 10.9. The van der Waals surface area contributed by atoms with Gasteiger partial charge < -0.3 is 19.4 Å². The zero-order valence-electron chi connectivity index (χ0n) is 18.7. The fourth-order valence-corrected chi connectivity index (χ4v) is 4.60. The minimum Gasteiger partial charge on any atom is -0.495 e. The lowest BCUT2D eigenvalue weighted by Crippen LogP contribution is -2.32. The number of benzene rings is 1. The molecular weight excluding hydrogens is 426 g/mol. The SMILES string of the molecule is COc1ccc(C)cc1NC(=O)C(C)Sc1nnc(N2CCCCC2)n1Cc1ccco1. The quantitative estimate of drug-likeness (QED) is 0.506. The van der Waals surface area contributed by atoms with Crippen molar-refractivity contribution in [3.63, 3.8) is 0 Å². The largest absolute Gasteiger partial charge is 0.495 e. The molecule has 3 heterocycles. The van der Waals surface area contributed by atoms with E-state index in [0.717, 1.165) is 43.2 Å². The number of carbonyl (C=O) groups excluding carboxylic acids is 1. The van der Waals surface area contributed by atoms with Gasteiger partial charge in [-0.3, -0.25) is 9.36 Å². The molecule has 1 N–H and O–H groups in total. The third-order valence-electron chi connectivity index (χ3n) is 5.49. The number of nitrogens with one attached hydrogen (secondary N) is 1. The van der Waals surface area contributed by atoms with E-state index in [4.69, 9.17) is 9.15 Å². The lowest BCUT2D eigenvalue weighted by molar-refractivity contribution is -0.115. The molecule has 0 spiro atoms. The molecule has 0 bridgehead atoms. The van der Waals surface area contributed by atoms with E-state index in [1.165, 1.54) is 18.2 Å². The molecule has 1 amide bonds. The maximum atomic E-state index is 13.0. The number of thioether (sulfide) groups is 1. The zero-order valence-corrected chi connectivity index (χ0v) is 19.5. The van der Waals surface area contributed by atoms with Crippen LogP contribution in [-0.2, 0) is 11.3 Å². The van der Waals surface area contributed by atoms with E-state index in [1.807, 2.05) is 48.7 Å². The molecule has 1 atom stereocenters. The number of piperidine rings is 1. The Bertz CT molecular complexity index is 1040. The van der Waals surface area contributed by atoms with Gasteiger partial charge in [-0.05, 0) is 62.9 Å². The molecule has 0 saturated carbocycles. The summed E-state index contributed by atoms with van der Waals surface area (Å²) in [5, 5.41) is 12.2. The van der Waals surface area contributed by atoms with Crippen LogP contribution >= 0.6 is 11.8 Å². The molecule has 1 aromatic carbocycles. The van der Waals surface area contributed by atoms with Crippen molar-refractivity contribution in [1.82, 2.24) is 14.8 Å². The summed E-state index contributed by atoms with van der Waals surface area (Å²) in [6.07, 6.45) is 5.20. The van der Waals surface area contributed by atoms with E-state index in [2.05, 4.69) is 20.4 Å². The maximum absolute atomic E-state index is 13.0. The van der Waals surface area contributed by atoms with E-state index in [0.29, 0.717) is 23.1 Å². The highest BCUT2D eigenvalue weighted by atomic mass is 32.2. The van der Waals surface area contributed by atoms with Gasteiger partial charge in [0.2, 0.25) is 11.9 Å². The Labute approximate surface area is 192 Å². The molecule has 1 unspecified atom stereocenters. The van der Waals surface area contributed by atoms with Crippen LogP contribution < -0.4 is 15.0 Å². The van der Waals surface area contributed by atoms with Crippen molar-refractivity contribution in [3.05, 3.63) is 47.9 Å². The molecule has 9 heteroatoms. The Morgan fingerprint density at radius 2 is 2.06 bits per heavy atom. The Morgan fingerprint density at radius 3 is 2.78 bits per heavy atom. The van der Waals surface area contributed by atoms with Crippen molar-refractivity contribution in [3.8, 4) is 5.75 Å². The van der Waals surface area contributed by atoms with Crippen molar-refractivity contribution in [1.29, 1.82) is 0 Å². The van der Waals surface area contributed by atoms with Crippen LogP contribution in [0, 0.1) is 6.92 Å². The fourth-order valence-electron chi connectivity index (χ4n) is 3.76. The topological polar surface area (TPSA) is 85.4 Å². The smallest absolute Gasteiger partial charge is 0.237 e. The molecular formula is C23H29N5O3S. The molecule has 8 nitrogen and oxygen atoms in total. The number of aromatic nitrogens is 3. The second-order valence-electron chi connectivity index (χ2n) is 7.95. The predicted molar refractivity (Wildman–Crippen MR) is 126 cm³/mol. The molecule has 1 aliphatic rings. The number of hydrogen-bond acceptors (Lipinski definition) is 7. The van der Waals surface area contributed by atoms with Crippen LogP contribution in [-0.4, -0.2) is 46.1 Å². The van der Waals surface area contributed by atoms with Crippen LogP contribution in [0.4, 0.5) is 11.6 Å². The van der Waals surface area contributed by atoms with Gasteiger partial charge in [-0.25, -0.2) is 0 Å². The van der Waals surface area contributed by atoms with Gasteiger partial charge in [-0.2, -0.15) is 0 Å². The van der Waals surface area contributed by atoms with Crippen molar-refractivity contribution >= 4 is 29.3 Å². The Hall–Kier alpha value is -2.94. The van der Waals surface area contributed by atoms with Crippen LogP contribution in [0.25, 0.3) is 0 Å². The average Bonchev–Trinajstić information content (AvgIpc) is 3.45. The molecule has 1 saturated heterocycles. The van der Waals surface area contributed by atoms with Crippen LogP contribution in [0.1, 0.15) is 37.5 Å².